The van der Waals surface area contributed by atoms with Crippen molar-refractivity contribution in [1.29, 1.82) is 0 Å². The molecule has 1 heterocycles. The average Bonchev–Trinajstić information content (AvgIpc) is 2.32. The van der Waals surface area contributed by atoms with Gasteiger partial charge in [0.15, 0.2) is 0 Å². The van der Waals surface area contributed by atoms with Crippen molar-refractivity contribution in [3.8, 4) is 5.75 Å². The van der Waals surface area contributed by atoms with E-state index in [1.165, 1.54) is 0 Å². The zero-order valence-corrected chi connectivity index (χ0v) is 10.2. The lowest BCUT2D eigenvalue weighted by molar-refractivity contribution is 0.301. The van der Waals surface area contributed by atoms with Gasteiger partial charge >= 0.3 is 0 Å². The minimum atomic E-state index is 0.385. The van der Waals surface area contributed by atoms with Gasteiger partial charge in [-0.05, 0) is 30.7 Å². The predicted molar refractivity (Wildman–Crippen MR) is 69.2 cm³/mol. The largest absolute Gasteiger partial charge is 0.486 e. The van der Waals surface area contributed by atoms with Crippen molar-refractivity contribution in [2.75, 3.05) is 5.73 Å². The Morgan fingerprint density at radius 1 is 1.35 bits per heavy atom. The summed E-state index contributed by atoms with van der Waals surface area (Å²) in [6.07, 6.45) is 1.74. The molecule has 2 aromatic rings. The van der Waals surface area contributed by atoms with Gasteiger partial charge in [0.2, 0.25) is 0 Å². The van der Waals surface area contributed by atoms with Crippen LogP contribution in [-0.4, -0.2) is 4.98 Å². The number of halogens is 1. The number of pyridine rings is 1. The second kappa shape index (κ2) is 5.06. The van der Waals surface area contributed by atoms with E-state index in [2.05, 4.69) is 4.98 Å². The van der Waals surface area contributed by atoms with E-state index in [0.717, 1.165) is 11.3 Å². The van der Waals surface area contributed by atoms with E-state index < -0.39 is 0 Å². The van der Waals surface area contributed by atoms with Gasteiger partial charge in [-0.15, -0.1) is 0 Å². The molecule has 4 heteroatoms. The number of nitrogen functional groups attached to an aromatic ring is 1. The first-order chi connectivity index (χ1) is 8.16. The molecular formula is C13H13ClN2O. The quantitative estimate of drug-likeness (QED) is 0.849. The second-order valence-corrected chi connectivity index (χ2v) is 4.15. The summed E-state index contributed by atoms with van der Waals surface area (Å²) in [4.78, 5) is 4.25. The van der Waals surface area contributed by atoms with Gasteiger partial charge in [0, 0.05) is 18.0 Å². The molecule has 0 amide bonds. The van der Waals surface area contributed by atoms with Crippen LogP contribution in [0.2, 0.25) is 5.02 Å². The van der Waals surface area contributed by atoms with Crippen LogP contribution in [0.25, 0.3) is 0 Å². The summed E-state index contributed by atoms with van der Waals surface area (Å²) in [5.74, 6) is 0.580. The molecule has 0 saturated carbocycles. The molecule has 0 radical (unpaired) electrons. The molecule has 88 valence electrons. The third-order valence-corrected chi connectivity index (χ3v) is 2.75. The summed E-state index contributed by atoms with van der Waals surface area (Å²) in [5, 5.41) is 0.549. The van der Waals surface area contributed by atoms with Gasteiger partial charge in [0.1, 0.15) is 12.4 Å². The van der Waals surface area contributed by atoms with E-state index in [4.69, 9.17) is 22.1 Å². The molecule has 2 rings (SSSR count). The number of aryl methyl sites for hydroxylation is 1. The first-order valence-electron chi connectivity index (χ1n) is 5.25. The Kier molecular flexibility index (Phi) is 3.49. The molecule has 0 atom stereocenters. The van der Waals surface area contributed by atoms with E-state index in [9.17, 15) is 0 Å². The number of nitrogens with zero attached hydrogens (tertiary/aromatic N) is 1. The average molecular weight is 249 g/mol. The summed E-state index contributed by atoms with van der Waals surface area (Å²) in [6.45, 7) is 2.38. The molecule has 3 nitrogen and oxygen atoms in total. The zero-order chi connectivity index (χ0) is 12.3. The zero-order valence-electron chi connectivity index (χ0n) is 9.48. The Hall–Kier alpha value is -1.74. The van der Waals surface area contributed by atoms with Gasteiger partial charge in [-0.3, -0.25) is 4.98 Å². The summed E-state index contributed by atoms with van der Waals surface area (Å²) < 4.78 is 5.61. The fourth-order valence-electron chi connectivity index (χ4n) is 1.45. The molecule has 17 heavy (non-hydrogen) atoms. The lowest BCUT2D eigenvalue weighted by atomic mass is 10.2. The van der Waals surface area contributed by atoms with E-state index in [1.807, 2.05) is 19.1 Å². The Balaban J connectivity index is 2.12. The highest BCUT2D eigenvalue weighted by atomic mass is 35.5. The predicted octanol–water partition coefficient (Wildman–Crippen LogP) is 3.20. The van der Waals surface area contributed by atoms with Crippen LogP contribution in [0.3, 0.4) is 0 Å². The van der Waals surface area contributed by atoms with Gasteiger partial charge in [-0.25, -0.2) is 0 Å². The molecule has 2 N–H and O–H groups in total. The van der Waals surface area contributed by atoms with E-state index >= 15 is 0 Å². The number of rotatable bonds is 3. The monoisotopic (exact) mass is 248 g/mol. The molecule has 0 aliphatic heterocycles. The van der Waals surface area contributed by atoms with Crippen molar-refractivity contribution in [2.45, 2.75) is 13.5 Å². The third-order valence-electron chi connectivity index (χ3n) is 2.44. The summed E-state index contributed by atoms with van der Waals surface area (Å²) in [7, 11) is 0. The Bertz CT molecular complexity index is 529. The highest BCUT2D eigenvalue weighted by molar-refractivity contribution is 6.32. The summed E-state index contributed by atoms with van der Waals surface area (Å²) in [6, 6.07) is 9.05. The van der Waals surface area contributed by atoms with Crippen molar-refractivity contribution in [3.63, 3.8) is 0 Å². The van der Waals surface area contributed by atoms with Crippen LogP contribution >= 0.6 is 11.6 Å². The normalized spacial score (nSPS) is 10.2. The number of benzene rings is 1. The van der Waals surface area contributed by atoms with Crippen LogP contribution in [0, 0.1) is 6.92 Å². The van der Waals surface area contributed by atoms with E-state index in [-0.39, 0.29) is 0 Å². The number of ether oxygens (including phenoxy) is 1. The van der Waals surface area contributed by atoms with Crippen LogP contribution in [0.15, 0.2) is 36.5 Å². The maximum atomic E-state index is 6.00. The smallest absolute Gasteiger partial charge is 0.140 e. The van der Waals surface area contributed by atoms with Crippen molar-refractivity contribution in [1.82, 2.24) is 4.98 Å². The topological polar surface area (TPSA) is 48.1 Å². The van der Waals surface area contributed by atoms with Gasteiger partial charge in [0.05, 0.1) is 10.7 Å². The van der Waals surface area contributed by atoms with Crippen molar-refractivity contribution in [3.05, 3.63) is 52.8 Å². The summed E-state index contributed by atoms with van der Waals surface area (Å²) in [5.41, 5.74) is 8.28. The highest BCUT2D eigenvalue weighted by Gasteiger charge is 2.04. The fraction of sp³-hybridized carbons (Fsp3) is 0.154. The van der Waals surface area contributed by atoms with Gasteiger partial charge in [0.25, 0.3) is 0 Å². The van der Waals surface area contributed by atoms with Gasteiger partial charge < -0.3 is 10.5 Å². The molecule has 0 fully saturated rings. The maximum Gasteiger partial charge on any atom is 0.140 e. The van der Waals surface area contributed by atoms with Crippen molar-refractivity contribution >= 4 is 17.3 Å². The molecule has 0 unspecified atom stereocenters. The number of hydrogen-bond donors (Lipinski definition) is 1. The third kappa shape index (κ3) is 2.88. The highest BCUT2D eigenvalue weighted by Crippen LogP contribution is 2.27. The Morgan fingerprint density at radius 2 is 2.18 bits per heavy atom. The first-order valence-corrected chi connectivity index (χ1v) is 5.63. The molecule has 0 aliphatic carbocycles. The van der Waals surface area contributed by atoms with E-state index in [0.29, 0.717) is 23.1 Å². The summed E-state index contributed by atoms with van der Waals surface area (Å²) >= 11 is 6.00. The molecule has 0 spiro atoms. The van der Waals surface area contributed by atoms with Gasteiger partial charge in [-0.2, -0.15) is 0 Å². The molecule has 0 aliphatic rings. The SMILES string of the molecule is Cc1cccnc1COc1cc(N)ccc1Cl. The minimum absolute atomic E-state index is 0.385. The van der Waals surface area contributed by atoms with Crippen molar-refractivity contribution in [2.24, 2.45) is 0 Å². The van der Waals surface area contributed by atoms with Crippen LogP contribution in [0.1, 0.15) is 11.3 Å². The Morgan fingerprint density at radius 3 is 2.94 bits per heavy atom. The number of nitrogens with two attached hydrogens (primary N) is 1. The van der Waals surface area contributed by atoms with E-state index in [1.54, 1.807) is 24.4 Å². The second-order valence-electron chi connectivity index (χ2n) is 3.75. The maximum absolute atomic E-state index is 6.00. The lowest BCUT2D eigenvalue weighted by Gasteiger charge is -2.09. The number of aromatic nitrogens is 1. The van der Waals surface area contributed by atoms with Crippen molar-refractivity contribution < 1.29 is 4.74 Å². The van der Waals surface area contributed by atoms with Crippen LogP contribution in [0.5, 0.6) is 5.75 Å². The van der Waals surface area contributed by atoms with Crippen LogP contribution in [0.4, 0.5) is 5.69 Å². The fourth-order valence-corrected chi connectivity index (χ4v) is 1.62. The number of hydrogen-bond acceptors (Lipinski definition) is 3. The van der Waals surface area contributed by atoms with Crippen LogP contribution < -0.4 is 10.5 Å². The standard InChI is InChI=1S/C13H13ClN2O/c1-9-3-2-6-16-12(9)8-17-13-7-10(15)4-5-11(13)14/h2-7H,8,15H2,1H3. The van der Waals surface area contributed by atoms with Crippen LogP contribution in [-0.2, 0) is 6.61 Å². The molecule has 1 aromatic carbocycles. The Labute approximate surface area is 105 Å². The minimum Gasteiger partial charge on any atom is -0.486 e. The number of anilines is 1. The molecule has 0 saturated heterocycles. The lowest BCUT2D eigenvalue weighted by Crippen LogP contribution is -2.01. The molecular weight excluding hydrogens is 236 g/mol. The molecule has 0 bridgehead atoms. The first kappa shape index (κ1) is 11.7. The van der Waals surface area contributed by atoms with Gasteiger partial charge in [-0.1, -0.05) is 17.7 Å². The molecule has 1 aromatic heterocycles.